The molecule has 0 N–H and O–H groups in total. The van der Waals surface area contributed by atoms with E-state index in [0.717, 1.165) is 27.4 Å². The topological polar surface area (TPSA) is 33.2 Å². The normalized spacial score (nSPS) is 13.0. The zero-order valence-corrected chi connectivity index (χ0v) is 14.4. The molecule has 0 radical (unpaired) electrons. The number of thiazole rings is 1. The maximum Gasteiger partial charge on any atom is 0.416 e. The molecule has 1 unspecified atom stereocenters. The second-order valence-corrected chi connectivity index (χ2v) is 6.75. The highest BCUT2D eigenvalue weighted by atomic mass is 32.1. The third-order valence-electron chi connectivity index (χ3n) is 4.03. The average molecular weight is 364 g/mol. The summed E-state index contributed by atoms with van der Waals surface area (Å²) >= 11 is 1.50. The first-order valence-electron chi connectivity index (χ1n) is 7.57. The fourth-order valence-electron chi connectivity index (χ4n) is 2.42. The largest absolute Gasteiger partial charge is 0.416 e. The van der Waals surface area contributed by atoms with Crippen LogP contribution in [0.5, 0.6) is 0 Å². The van der Waals surface area contributed by atoms with Crippen molar-refractivity contribution in [3.8, 4) is 0 Å². The molecule has 1 atom stereocenters. The lowest BCUT2D eigenvalue weighted by atomic mass is 10.1. The molecule has 0 aliphatic rings. The van der Waals surface area contributed by atoms with E-state index in [-0.39, 0.29) is 17.5 Å². The minimum absolute atomic E-state index is 0.212. The Morgan fingerprint density at radius 3 is 2.36 bits per heavy atom. The monoisotopic (exact) mass is 364 g/mol. The van der Waals surface area contributed by atoms with Gasteiger partial charge in [0.15, 0.2) is 0 Å². The van der Waals surface area contributed by atoms with Crippen LogP contribution >= 0.6 is 11.3 Å². The molecule has 130 valence electrons. The quantitative estimate of drug-likeness (QED) is 0.644. The fourth-order valence-corrected chi connectivity index (χ4v) is 3.48. The standard InChI is InChI=1S/C18H15F3N2OS/c1-11(16-22-14-5-3-4-6-15(14)25-16)23(2)17(24)12-7-9-13(10-8-12)18(19,20)21/h3-11H,1-2H3. The van der Waals surface area contributed by atoms with Gasteiger partial charge in [0.05, 0.1) is 21.8 Å². The highest BCUT2D eigenvalue weighted by Crippen LogP contribution is 2.31. The van der Waals surface area contributed by atoms with E-state index < -0.39 is 11.7 Å². The van der Waals surface area contributed by atoms with Crippen LogP contribution in [0.25, 0.3) is 10.2 Å². The number of para-hydroxylation sites is 1. The Hall–Kier alpha value is -2.41. The molecule has 3 aromatic rings. The summed E-state index contributed by atoms with van der Waals surface area (Å²) < 4.78 is 38.9. The lowest BCUT2D eigenvalue weighted by molar-refractivity contribution is -0.137. The van der Waals surface area contributed by atoms with E-state index in [1.165, 1.54) is 28.4 Å². The van der Waals surface area contributed by atoms with Gasteiger partial charge in [0.2, 0.25) is 0 Å². The summed E-state index contributed by atoms with van der Waals surface area (Å²) in [4.78, 5) is 18.6. The average Bonchev–Trinajstić information content (AvgIpc) is 3.03. The van der Waals surface area contributed by atoms with Crippen LogP contribution in [0.1, 0.15) is 33.9 Å². The van der Waals surface area contributed by atoms with Gasteiger partial charge >= 0.3 is 6.18 Å². The van der Waals surface area contributed by atoms with Gasteiger partial charge in [0.1, 0.15) is 5.01 Å². The number of aromatic nitrogens is 1. The SMILES string of the molecule is CC(c1nc2ccccc2s1)N(C)C(=O)c1ccc(C(F)(F)F)cc1. The lowest BCUT2D eigenvalue weighted by Gasteiger charge is -2.23. The van der Waals surface area contributed by atoms with Crippen molar-refractivity contribution in [2.24, 2.45) is 0 Å². The Labute approximate surface area is 146 Å². The number of alkyl halides is 3. The number of hydrogen-bond donors (Lipinski definition) is 0. The fraction of sp³-hybridized carbons (Fsp3) is 0.222. The van der Waals surface area contributed by atoms with E-state index in [2.05, 4.69) is 4.98 Å². The Morgan fingerprint density at radius 1 is 1.12 bits per heavy atom. The van der Waals surface area contributed by atoms with Gasteiger partial charge in [-0.05, 0) is 43.3 Å². The minimum atomic E-state index is -4.41. The number of hydrogen-bond acceptors (Lipinski definition) is 3. The van der Waals surface area contributed by atoms with Gasteiger partial charge in [-0.3, -0.25) is 4.79 Å². The van der Waals surface area contributed by atoms with E-state index in [4.69, 9.17) is 0 Å². The first kappa shape index (κ1) is 17.4. The predicted molar refractivity (Wildman–Crippen MR) is 91.6 cm³/mol. The van der Waals surface area contributed by atoms with E-state index >= 15 is 0 Å². The van der Waals surface area contributed by atoms with Crippen LogP contribution in [-0.4, -0.2) is 22.8 Å². The molecular formula is C18H15F3N2OS. The number of carbonyl (C=O) groups excluding carboxylic acids is 1. The Kier molecular flexibility index (Phi) is 4.51. The summed E-state index contributed by atoms with van der Waals surface area (Å²) in [6.07, 6.45) is -4.41. The zero-order chi connectivity index (χ0) is 18.2. The molecule has 0 bridgehead atoms. The zero-order valence-electron chi connectivity index (χ0n) is 13.5. The van der Waals surface area contributed by atoms with Crippen LogP contribution in [0.3, 0.4) is 0 Å². The molecule has 0 spiro atoms. The molecule has 0 fully saturated rings. The number of amides is 1. The van der Waals surface area contributed by atoms with E-state index in [9.17, 15) is 18.0 Å². The molecule has 3 rings (SSSR count). The predicted octanol–water partition coefficient (Wildman–Crippen LogP) is 5.15. The number of nitrogens with zero attached hydrogens (tertiary/aromatic N) is 2. The van der Waals surface area contributed by atoms with Crippen molar-refractivity contribution in [1.29, 1.82) is 0 Å². The summed E-state index contributed by atoms with van der Waals surface area (Å²) in [6.45, 7) is 1.85. The van der Waals surface area contributed by atoms with E-state index in [0.29, 0.717) is 0 Å². The van der Waals surface area contributed by atoms with Gasteiger partial charge in [-0.25, -0.2) is 4.98 Å². The van der Waals surface area contributed by atoms with Crippen molar-refractivity contribution in [2.45, 2.75) is 19.1 Å². The molecule has 1 aromatic heterocycles. The maximum absolute atomic E-state index is 12.6. The smallest absolute Gasteiger partial charge is 0.333 e. The molecular weight excluding hydrogens is 349 g/mol. The first-order valence-corrected chi connectivity index (χ1v) is 8.39. The summed E-state index contributed by atoms with van der Waals surface area (Å²) in [5.41, 5.74) is 0.305. The Morgan fingerprint density at radius 2 is 1.76 bits per heavy atom. The highest BCUT2D eigenvalue weighted by Gasteiger charge is 2.30. The molecule has 0 aliphatic heterocycles. The molecule has 1 amide bonds. The van der Waals surface area contributed by atoms with E-state index in [1.54, 1.807) is 7.05 Å². The molecule has 0 saturated heterocycles. The summed E-state index contributed by atoms with van der Waals surface area (Å²) in [5.74, 6) is -0.347. The van der Waals surface area contributed by atoms with Gasteiger partial charge in [0.25, 0.3) is 5.91 Å². The second kappa shape index (κ2) is 6.48. The van der Waals surface area contributed by atoms with Crippen LogP contribution in [0, 0.1) is 0 Å². The van der Waals surface area contributed by atoms with Crippen molar-refractivity contribution in [3.05, 3.63) is 64.7 Å². The number of carbonyl (C=O) groups is 1. The molecule has 2 aromatic carbocycles. The van der Waals surface area contributed by atoms with E-state index in [1.807, 2.05) is 31.2 Å². The molecule has 0 aliphatic carbocycles. The number of halogens is 3. The lowest BCUT2D eigenvalue weighted by Crippen LogP contribution is -2.29. The van der Waals surface area contributed by atoms with Gasteiger partial charge in [-0.1, -0.05) is 12.1 Å². The number of rotatable bonds is 3. The molecule has 3 nitrogen and oxygen atoms in total. The maximum atomic E-state index is 12.6. The van der Waals surface area contributed by atoms with Gasteiger partial charge in [-0.2, -0.15) is 13.2 Å². The van der Waals surface area contributed by atoms with Gasteiger partial charge in [-0.15, -0.1) is 11.3 Å². The van der Waals surface area contributed by atoms with Crippen LogP contribution in [-0.2, 0) is 6.18 Å². The Bertz CT molecular complexity index is 870. The van der Waals surface area contributed by atoms with Crippen molar-refractivity contribution >= 4 is 27.5 Å². The van der Waals surface area contributed by atoms with Crippen LogP contribution < -0.4 is 0 Å². The van der Waals surface area contributed by atoms with Crippen LogP contribution in [0.4, 0.5) is 13.2 Å². The van der Waals surface area contributed by atoms with Crippen LogP contribution in [0.2, 0.25) is 0 Å². The number of benzene rings is 2. The molecule has 25 heavy (non-hydrogen) atoms. The van der Waals surface area contributed by atoms with Crippen molar-refractivity contribution in [2.75, 3.05) is 7.05 Å². The third-order valence-corrected chi connectivity index (χ3v) is 5.23. The summed E-state index contributed by atoms with van der Waals surface area (Å²) in [7, 11) is 1.62. The van der Waals surface area contributed by atoms with Crippen molar-refractivity contribution < 1.29 is 18.0 Å². The van der Waals surface area contributed by atoms with Gasteiger partial charge in [0, 0.05) is 12.6 Å². The Balaban J connectivity index is 1.81. The minimum Gasteiger partial charge on any atom is -0.333 e. The van der Waals surface area contributed by atoms with Crippen molar-refractivity contribution in [1.82, 2.24) is 9.88 Å². The molecule has 1 heterocycles. The molecule has 0 saturated carbocycles. The van der Waals surface area contributed by atoms with Gasteiger partial charge < -0.3 is 4.90 Å². The summed E-state index contributed by atoms with van der Waals surface area (Å²) in [5, 5.41) is 0.781. The highest BCUT2D eigenvalue weighted by molar-refractivity contribution is 7.18. The number of fused-ring (bicyclic) bond motifs is 1. The third kappa shape index (κ3) is 3.51. The molecule has 7 heteroatoms. The second-order valence-electron chi connectivity index (χ2n) is 5.69. The van der Waals surface area contributed by atoms with Crippen LogP contribution in [0.15, 0.2) is 48.5 Å². The summed E-state index contributed by atoms with van der Waals surface area (Å²) in [6, 6.07) is 11.6. The van der Waals surface area contributed by atoms with Crippen molar-refractivity contribution in [3.63, 3.8) is 0 Å². The first-order chi connectivity index (χ1) is 11.8.